The third-order valence-corrected chi connectivity index (χ3v) is 5.21. The fourth-order valence-corrected chi connectivity index (χ4v) is 3.69. The van der Waals surface area contributed by atoms with Crippen LogP contribution in [0.4, 0.5) is 5.69 Å². The third-order valence-electron chi connectivity index (χ3n) is 4.35. The maximum absolute atomic E-state index is 12.4. The van der Waals surface area contributed by atoms with Crippen LogP contribution in [0.5, 0.6) is 0 Å². The highest BCUT2D eigenvalue weighted by Crippen LogP contribution is 2.16. The quantitative estimate of drug-likeness (QED) is 0.858. The zero-order chi connectivity index (χ0) is 16.1. The molecule has 1 fully saturated rings. The van der Waals surface area contributed by atoms with Gasteiger partial charge >= 0.3 is 0 Å². The molecule has 1 aliphatic heterocycles. The number of rotatable bonds is 5. The van der Waals surface area contributed by atoms with Crippen molar-refractivity contribution >= 4 is 22.9 Å². The van der Waals surface area contributed by atoms with Gasteiger partial charge in [0.1, 0.15) is 0 Å². The molecule has 4 nitrogen and oxygen atoms in total. The summed E-state index contributed by atoms with van der Waals surface area (Å²) in [5.41, 5.74) is 7.78. The molecule has 0 saturated carbocycles. The van der Waals surface area contributed by atoms with Crippen molar-refractivity contribution in [3.8, 4) is 0 Å². The first-order valence-corrected chi connectivity index (χ1v) is 8.96. The molecule has 0 radical (unpaired) electrons. The highest BCUT2D eigenvalue weighted by molar-refractivity contribution is 7.09. The first-order chi connectivity index (χ1) is 11.2. The van der Waals surface area contributed by atoms with Crippen LogP contribution >= 0.6 is 11.3 Å². The Morgan fingerprint density at radius 1 is 1.09 bits per heavy atom. The van der Waals surface area contributed by atoms with Crippen molar-refractivity contribution in [1.29, 1.82) is 0 Å². The van der Waals surface area contributed by atoms with Gasteiger partial charge in [-0.2, -0.15) is 0 Å². The van der Waals surface area contributed by atoms with Crippen LogP contribution in [0.25, 0.3) is 0 Å². The first-order valence-electron chi connectivity index (χ1n) is 8.08. The third kappa shape index (κ3) is 4.33. The number of anilines is 1. The summed E-state index contributed by atoms with van der Waals surface area (Å²) >= 11 is 1.80. The lowest BCUT2D eigenvalue weighted by molar-refractivity contribution is -0.132. The predicted octanol–water partition coefficient (Wildman–Crippen LogP) is 2.61. The molecular formula is C18H23N3OS. The van der Waals surface area contributed by atoms with Crippen LogP contribution < -0.4 is 5.73 Å². The maximum atomic E-state index is 12.4. The monoisotopic (exact) mass is 329 g/mol. The van der Waals surface area contributed by atoms with Crippen molar-refractivity contribution in [3.63, 3.8) is 0 Å². The van der Waals surface area contributed by atoms with Gasteiger partial charge in [0.25, 0.3) is 0 Å². The van der Waals surface area contributed by atoms with Gasteiger partial charge in [-0.1, -0.05) is 24.3 Å². The summed E-state index contributed by atoms with van der Waals surface area (Å²) in [6, 6.07) is 12.1. The van der Waals surface area contributed by atoms with Gasteiger partial charge in [0, 0.05) is 49.7 Å². The van der Waals surface area contributed by atoms with E-state index in [4.69, 9.17) is 5.73 Å². The van der Waals surface area contributed by atoms with Crippen LogP contribution in [0.2, 0.25) is 0 Å². The maximum Gasteiger partial charge on any atom is 0.222 e. The minimum absolute atomic E-state index is 0.240. The van der Waals surface area contributed by atoms with Gasteiger partial charge in [0.15, 0.2) is 0 Å². The lowest BCUT2D eigenvalue weighted by atomic mass is 10.1. The Hall–Kier alpha value is -1.85. The number of hydrogen-bond acceptors (Lipinski definition) is 4. The second-order valence-electron chi connectivity index (χ2n) is 5.94. The van der Waals surface area contributed by atoms with Crippen molar-refractivity contribution in [2.24, 2.45) is 0 Å². The van der Waals surface area contributed by atoms with Gasteiger partial charge in [0.2, 0.25) is 5.91 Å². The van der Waals surface area contributed by atoms with Crippen LogP contribution in [0.1, 0.15) is 16.9 Å². The van der Waals surface area contributed by atoms with E-state index in [0.717, 1.165) is 50.4 Å². The summed E-state index contributed by atoms with van der Waals surface area (Å²) in [7, 11) is 0. The van der Waals surface area contributed by atoms with Crippen molar-refractivity contribution < 1.29 is 4.79 Å². The predicted molar refractivity (Wildman–Crippen MR) is 95.4 cm³/mol. The van der Waals surface area contributed by atoms with Crippen LogP contribution in [0, 0.1) is 0 Å². The lowest BCUT2D eigenvalue weighted by Crippen LogP contribution is -2.48. The summed E-state index contributed by atoms with van der Waals surface area (Å²) in [5, 5.41) is 2.12. The fraction of sp³-hybridized carbons (Fsp3) is 0.389. The van der Waals surface area contributed by atoms with E-state index in [9.17, 15) is 4.79 Å². The highest BCUT2D eigenvalue weighted by atomic mass is 32.1. The van der Waals surface area contributed by atoms with Crippen molar-refractivity contribution in [2.45, 2.75) is 19.4 Å². The summed E-state index contributed by atoms with van der Waals surface area (Å²) in [6.07, 6.45) is 1.26. The molecule has 2 N–H and O–H groups in total. The molecule has 0 atom stereocenters. The topological polar surface area (TPSA) is 49.6 Å². The molecule has 1 amide bonds. The molecule has 23 heavy (non-hydrogen) atoms. The van der Waals surface area contributed by atoms with Gasteiger partial charge < -0.3 is 10.6 Å². The molecule has 0 bridgehead atoms. The number of carbonyl (C=O) groups excluding carboxylic acids is 1. The number of carbonyl (C=O) groups is 1. The number of nitrogens with two attached hydrogens (primary N) is 1. The second-order valence-corrected chi connectivity index (χ2v) is 6.97. The number of para-hydroxylation sites is 1. The van der Waals surface area contributed by atoms with Crippen LogP contribution in [-0.2, 0) is 17.8 Å². The van der Waals surface area contributed by atoms with Crippen LogP contribution in [-0.4, -0.2) is 41.9 Å². The summed E-state index contributed by atoms with van der Waals surface area (Å²) < 4.78 is 0. The summed E-state index contributed by atoms with van der Waals surface area (Å²) in [4.78, 5) is 18.2. The molecule has 1 aliphatic rings. The zero-order valence-corrected chi connectivity index (χ0v) is 14.1. The highest BCUT2D eigenvalue weighted by Gasteiger charge is 2.21. The van der Waals surface area contributed by atoms with E-state index in [1.165, 1.54) is 4.88 Å². The van der Waals surface area contributed by atoms with Crippen LogP contribution in [0.3, 0.4) is 0 Å². The van der Waals surface area contributed by atoms with Crippen LogP contribution in [0.15, 0.2) is 41.8 Å². The molecule has 1 aromatic carbocycles. The largest absolute Gasteiger partial charge is 0.399 e. The molecule has 0 unspecified atom stereocenters. The minimum Gasteiger partial charge on any atom is -0.399 e. The van der Waals surface area contributed by atoms with E-state index >= 15 is 0 Å². The van der Waals surface area contributed by atoms with Gasteiger partial charge in [-0.05, 0) is 29.5 Å². The molecular weight excluding hydrogens is 306 g/mol. The number of nitrogens with zero attached hydrogens (tertiary/aromatic N) is 2. The Morgan fingerprint density at radius 3 is 2.57 bits per heavy atom. The summed E-state index contributed by atoms with van der Waals surface area (Å²) in [5.74, 6) is 0.240. The Balaban J connectivity index is 1.44. The Morgan fingerprint density at radius 2 is 1.87 bits per heavy atom. The average molecular weight is 329 g/mol. The van der Waals surface area contributed by atoms with E-state index in [1.54, 1.807) is 11.3 Å². The Kier molecular flexibility index (Phi) is 5.31. The van der Waals surface area contributed by atoms with E-state index in [0.29, 0.717) is 6.42 Å². The smallest absolute Gasteiger partial charge is 0.222 e. The SMILES string of the molecule is Nc1ccccc1CCC(=O)N1CCN(Cc2cccs2)CC1. The molecule has 122 valence electrons. The molecule has 3 rings (SSSR count). The van der Waals surface area contributed by atoms with Gasteiger partial charge in [-0.15, -0.1) is 11.3 Å². The number of aryl methyl sites for hydroxylation is 1. The zero-order valence-electron chi connectivity index (χ0n) is 13.3. The van der Waals surface area contributed by atoms with Crippen molar-refractivity contribution in [2.75, 3.05) is 31.9 Å². The molecule has 0 aliphatic carbocycles. The van der Waals surface area contributed by atoms with Gasteiger partial charge in [-0.25, -0.2) is 0 Å². The van der Waals surface area contributed by atoms with Gasteiger partial charge in [0.05, 0.1) is 0 Å². The molecule has 1 saturated heterocycles. The fourth-order valence-electron chi connectivity index (χ4n) is 2.94. The number of hydrogen-bond donors (Lipinski definition) is 1. The standard InChI is InChI=1S/C18H23N3OS/c19-17-6-2-1-4-15(17)7-8-18(22)21-11-9-20(10-12-21)14-16-5-3-13-23-16/h1-6,13H,7-12,14,19H2. The van der Waals surface area contributed by atoms with E-state index in [1.807, 2.05) is 29.2 Å². The average Bonchev–Trinajstić information content (AvgIpc) is 3.07. The van der Waals surface area contributed by atoms with E-state index < -0.39 is 0 Å². The number of amides is 1. The first kappa shape index (κ1) is 16.0. The number of benzene rings is 1. The minimum atomic E-state index is 0.240. The Bertz CT molecular complexity index is 633. The second kappa shape index (κ2) is 7.62. The number of piperazine rings is 1. The molecule has 1 aromatic heterocycles. The normalized spacial score (nSPS) is 15.7. The molecule has 2 heterocycles. The molecule has 0 spiro atoms. The Labute approximate surface area is 141 Å². The van der Waals surface area contributed by atoms with E-state index in [2.05, 4.69) is 22.4 Å². The van der Waals surface area contributed by atoms with Crippen molar-refractivity contribution in [3.05, 3.63) is 52.2 Å². The lowest BCUT2D eigenvalue weighted by Gasteiger charge is -2.34. The molecule has 2 aromatic rings. The molecule has 5 heteroatoms. The number of thiophene rings is 1. The van der Waals surface area contributed by atoms with Crippen molar-refractivity contribution in [1.82, 2.24) is 9.80 Å². The van der Waals surface area contributed by atoms with Gasteiger partial charge in [-0.3, -0.25) is 9.69 Å². The van der Waals surface area contributed by atoms with E-state index in [-0.39, 0.29) is 5.91 Å². The summed E-state index contributed by atoms with van der Waals surface area (Å²) in [6.45, 7) is 4.57. The number of nitrogen functional groups attached to an aromatic ring is 1.